The van der Waals surface area contributed by atoms with E-state index in [-0.39, 0.29) is 16.9 Å². The van der Waals surface area contributed by atoms with Crippen LogP contribution in [0, 0.1) is 0 Å². The average molecular weight is 305 g/mol. The van der Waals surface area contributed by atoms with E-state index in [1.54, 1.807) is 23.6 Å². The molecule has 0 saturated heterocycles. The number of halogens is 1. The number of aromatic nitrogens is 2. The lowest BCUT2D eigenvalue weighted by Crippen LogP contribution is -2.13. The predicted octanol–water partition coefficient (Wildman–Crippen LogP) is 3.18. The monoisotopic (exact) mass is 304 g/mol. The quantitative estimate of drug-likeness (QED) is 0.762. The van der Waals surface area contributed by atoms with Gasteiger partial charge in [0.2, 0.25) is 0 Å². The molecule has 0 radical (unpaired) electrons. The summed E-state index contributed by atoms with van der Waals surface area (Å²) >= 11 is 7.29. The van der Waals surface area contributed by atoms with E-state index < -0.39 is 0 Å². The zero-order chi connectivity index (χ0) is 14.1. The van der Waals surface area contributed by atoms with E-state index in [1.807, 2.05) is 12.1 Å². The fourth-order valence-corrected chi connectivity index (χ4v) is 2.62. The highest BCUT2D eigenvalue weighted by Gasteiger charge is 2.15. The number of carbonyl (C=O) groups excluding carboxylic acids is 1. The predicted molar refractivity (Wildman–Crippen MR) is 81.2 cm³/mol. The molecule has 100 valence electrons. The van der Waals surface area contributed by atoms with Crippen molar-refractivity contribution < 1.29 is 4.79 Å². The molecule has 0 aliphatic heterocycles. The van der Waals surface area contributed by atoms with E-state index in [2.05, 4.69) is 15.3 Å². The number of para-hydroxylation sites is 2. The Morgan fingerprint density at radius 3 is 2.55 bits per heavy atom. The maximum Gasteiger partial charge on any atom is 0.269 e. The van der Waals surface area contributed by atoms with E-state index in [0.29, 0.717) is 21.6 Å². The number of nitrogens with zero attached hydrogens (tertiary/aromatic N) is 2. The first kappa shape index (κ1) is 12.8. The topological polar surface area (TPSA) is 80.9 Å². The molecule has 0 atom stereocenters. The van der Waals surface area contributed by atoms with E-state index >= 15 is 0 Å². The van der Waals surface area contributed by atoms with Crippen molar-refractivity contribution in [1.29, 1.82) is 0 Å². The van der Waals surface area contributed by atoms with Crippen molar-refractivity contribution in [3.63, 3.8) is 0 Å². The van der Waals surface area contributed by atoms with Gasteiger partial charge in [0.1, 0.15) is 4.88 Å². The van der Waals surface area contributed by atoms with E-state index in [1.165, 1.54) is 11.3 Å². The number of fused-ring (bicyclic) bond motifs is 1. The Labute approximate surface area is 123 Å². The van der Waals surface area contributed by atoms with Gasteiger partial charge in [0, 0.05) is 0 Å². The van der Waals surface area contributed by atoms with Gasteiger partial charge in [0.05, 0.1) is 16.7 Å². The van der Waals surface area contributed by atoms with E-state index in [4.69, 9.17) is 17.3 Å². The largest absolute Gasteiger partial charge is 0.397 e. The average Bonchev–Trinajstić information content (AvgIpc) is 2.86. The van der Waals surface area contributed by atoms with Gasteiger partial charge in [-0.25, -0.2) is 9.97 Å². The number of hydrogen-bond donors (Lipinski definition) is 2. The number of nitrogen functional groups attached to an aromatic ring is 1. The molecule has 0 bridgehead atoms. The molecule has 20 heavy (non-hydrogen) atoms. The smallest absolute Gasteiger partial charge is 0.269 e. The molecule has 0 aliphatic carbocycles. The number of benzene rings is 1. The lowest BCUT2D eigenvalue weighted by Gasteiger charge is -2.06. The highest BCUT2D eigenvalue weighted by molar-refractivity contribution is 7.12. The van der Waals surface area contributed by atoms with Crippen molar-refractivity contribution in [2.24, 2.45) is 0 Å². The molecule has 1 aromatic carbocycles. The first-order valence-electron chi connectivity index (χ1n) is 5.72. The van der Waals surface area contributed by atoms with Gasteiger partial charge in [0.15, 0.2) is 11.0 Å². The molecule has 3 aromatic rings. The van der Waals surface area contributed by atoms with Gasteiger partial charge in [-0.3, -0.25) is 4.79 Å². The van der Waals surface area contributed by atoms with Crippen LogP contribution in [-0.4, -0.2) is 15.9 Å². The Morgan fingerprint density at radius 1 is 1.20 bits per heavy atom. The van der Waals surface area contributed by atoms with Crippen molar-refractivity contribution >= 4 is 51.4 Å². The molecule has 5 nitrogen and oxygen atoms in total. The van der Waals surface area contributed by atoms with Gasteiger partial charge in [-0.1, -0.05) is 23.7 Å². The Bertz CT molecular complexity index is 802. The third-order valence-electron chi connectivity index (χ3n) is 2.66. The molecule has 1 amide bonds. The number of rotatable bonds is 2. The second kappa shape index (κ2) is 5.07. The van der Waals surface area contributed by atoms with Crippen molar-refractivity contribution in [2.75, 3.05) is 11.1 Å². The number of carbonyl (C=O) groups is 1. The summed E-state index contributed by atoms with van der Waals surface area (Å²) in [4.78, 5) is 21.0. The summed E-state index contributed by atoms with van der Waals surface area (Å²) in [7, 11) is 0. The highest BCUT2D eigenvalue weighted by Crippen LogP contribution is 2.24. The van der Waals surface area contributed by atoms with Crippen LogP contribution >= 0.6 is 22.9 Å². The number of nitrogens with two attached hydrogens (primary N) is 1. The Kier molecular flexibility index (Phi) is 3.25. The maximum atomic E-state index is 12.1. The molecule has 0 saturated carbocycles. The molecular weight excluding hydrogens is 296 g/mol. The molecule has 0 aliphatic rings. The summed E-state index contributed by atoms with van der Waals surface area (Å²) in [6.45, 7) is 0. The molecule has 0 unspecified atom stereocenters. The summed E-state index contributed by atoms with van der Waals surface area (Å²) in [5, 5.41) is 4.52. The highest BCUT2D eigenvalue weighted by atomic mass is 35.5. The van der Waals surface area contributed by atoms with Crippen molar-refractivity contribution in [2.45, 2.75) is 0 Å². The van der Waals surface area contributed by atoms with Crippen molar-refractivity contribution in [3.05, 3.63) is 45.7 Å². The first-order chi connectivity index (χ1) is 9.65. The zero-order valence-corrected chi connectivity index (χ0v) is 11.7. The van der Waals surface area contributed by atoms with Crippen molar-refractivity contribution in [1.82, 2.24) is 9.97 Å². The second-order valence-corrected chi connectivity index (χ2v) is 5.29. The number of anilines is 2. The number of thiophene rings is 1. The number of hydrogen-bond acceptors (Lipinski definition) is 5. The van der Waals surface area contributed by atoms with Crippen molar-refractivity contribution in [3.8, 4) is 0 Å². The summed E-state index contributed by atoms with van der Waals surface area (Å²) < 4.78 is 0. The Balaban J connectivity index is 1.96. The maximum absolute atomic E-state index is 12.1. The molecular formula is C13H9ClN4OS. The third-order valence-corrected chi connectivity index (χ3v) is 3.85. The van der Waals surface area contributed by atoms with E-state index in [9.17, 15) is 4.79 Å². The lowest BCUT2D eigenvalue weighted by atomic mass is 10.3. The number of amides is 1. The molecule has 0 spiro atoms. The molecule has 2 heterocycles. The standard InChI is InChI=1S/C13H9ClN4OS/c14-11-12(17-9-4-2-1-3-8(9)16-11)18-13(19)10-7(15)5-6-20-10/h1-6H,15H2,(H,17,18,19). The van der Waals surface area contributed by atoms with Crippen LogP contribution in [0.25, 0.3) is 11.0 Å². The zero-order valence-electron chi connectivity index (χ0n) is 10.1. The number of nitrogens with one attached hydrogen (secondary N) is 1. The van der Waals surface area contributed by atoms with Crippen LogP contribution in [0.3, 0.4) is 0 Å². The molecule has 3 rings (SSSR count). The van der Waals surface area contributed by atoms with Crippen LogP contribution in [0.2, 0.25) is 5.15 Å². The minimum absolute atomic E-state index is 0.146. The summed E-state index contributed by atoms with van der Waals surface area (Å²) in [6.07, 6.45) is 0. The van der Waals surface area contributed by atoms with Crippen LogP contribution in [0.5, 0.6) is 0 Å². The fraction of sp³-hybridized carbons (Fsp3) is 0. The molecule has 3 N–H and O–H groups in total. The molecule has 0 fully saturated rings. The summed E-state index contributed by atoms with van der Waals surface area (Å²) in [5.74, 6) is -0.118. The normalized spacial score (nSPS) is 10.7. The van der Waals surface area contributed by atoms with Crippen LogP contribution < -0.4 is 11.1 Å². The van der Waals surface area contributed by atoms with Crippen LogP contribution in [-0.2, 0) is 0 Å². The first-order valence-corrected chi connectivity index (χ1v) is 6.97. The molecule has 2 aromatic heterocycles. The Hall–Kier alpha value is -2.18. The summed E-state index contributed by atoms with van der Waals surface area (Å²) in [5.41, 5.74) is 7.46. The summed E-state index contributed by atoms with van der Waals surface area (Å²) in [6, 6.07) is 8.96. The van der Waals surface area contributed by atoms with Gasteiger partial charge in [0.25, 0.3) is 5.91 Å². The minimum atomic E-state index is -0.344. The fourth-order valence-electron chi connectivity index (χ4n) is 1.73. The van der Waals surface area contributed by atoms with Gasteiger partial charge in [-0.15, -0.1) is 11.3 Å². The SMILES string of the molecule is Nc1ccsc1C(=O)Nc1nc2ccccc2nc1Cl. The Morgan fingerprint density at radius 2 is 1.90 bits per heavy atom. The molecule has 7 heteroatoms. The van der Waals surface area contributed by atoms with Gasteiger partial charge < -0.3 is 11.1 Å². The lowest BCUT2D eigenvalue weighted by molar-refractivity contribution is 0.103. The third kappa shape index (κ3) is 2.31. The second-order valence-electron chi connectivity index (χ2n) is 4.01. The van der Waals surface area contributed by atoms with Crippen LogP contribution in [0.1, 0.15) is 9.67 Å². The van der Waals surface area contributed by atoms with Gasteiger partial charge >= 0.3 is 0 Å². The van der Waals surface area contributed by atoms with Crippen LogP contribution in [0.15, 0.2) is 35.7 Å². The van der Waals surface area contributed by atoms with Gasteiger partial charge in [-0.2, -0.15) is 0 Å². The minimum Gasteiger partial charge on any atom is -0.397 e. The van der Waals surface area contributed by atoms with Crippen LogP contribution in [0.4, 0.5) is 11.5 Å². The van der Waals surface area contributed by atoms with E-state index in [0.717, 1.165) is 0 Å². The van der Waals surface area contributed by atoms with Gasteiger partial charge in [-0.05, 0) is 23.6 Å².